The van der Waals surface area contributed by atoms with E-state index in [1.165, 1.54) is 13.1 Å². The number of carbonyl (C=O) groups is 1. The first-order valence-corrected chi connectivity index (χ1v) is 7.83. The van der Waals surface area contributed by atoms with E-state index in [4.69, 9.17) is 4.74 Å². The SMILES string of the molecule is CC(C)OC(=O)NS(=O)(=O)N(C)C(C)c1ccccc1O. The molecule has 0 aliphatic carbocycles. The molecule has 0 radical (unpaired) electrons. The molecular weight excluding hydrogens is 296 g/mol. The third-order valence-corrected chi connectivity index (χ3v) is 4.37. The molecule has 0 heterocycles. The fourth-order valence-electron chi connectivity index (χ4n) is 1.66. The lowest BCUT2D eigenvalue weighted by Gasteiger charge is -2.25. The summed E-state index contributed by atoms with van der Waals surface area (Å²) in [6, 6.07) is 5.74. The van der Waals surface area contributed by atoms with Gasteiger partial charge in [-0.25, -0.2) is 9.52 Å². The van der Waals surface area contributed by atoms with Crippen molar-refractivity contribution in [1.29, 1.82) is 0 Å². The van der Waals surface area contributed by atoms with Gasteiger partial charge in [0.05, 0.1) is 12.1 Å². The highest BCUT2D eigenvalue weighted by molar-refractivity contribution is 7.87. The second-order valence-corrected chi connectivity index (χ2v) is 6.54. The Morgan fingerprint density at radius 2 is 1.86 bits per heavy atom. The van der Waals surface area contributed by atoms with E-state index in [0.717, 1.165) is 4.31 Å². The van der Waals surface area contributed by atoms with Crippen LogP contribution in [0.5, 0.6) is 5.75 Å². The summed E-state index contributed by atoms with van der Waals surface area (Å²) in [7, 11) is -2.76. The predicted molar refractivity (Wildman–Crippen MR) is 78.0 cm³/mol. The number of ether oxygens (including phenoxy) is 1. The van der Waals surface area contributed by atoms with E-state index < -0.39 is 28.4 Å². The van der Waals surface area contributed by atoms with Gasteiger partial charge in [0.25, 0.3) is 0 Å². The molecule has 118 valence electrons. The molecule has 1 amide bonds. The minimum absolute atomic E-state index is 0.0168. The van der Waals surface area contributed by atoms with Gasteiger partial charge in [-0.15, -0.1) is 0 Å². The number of phenols is 1. The zero-order valence-electron chi connectivity index (χ0n) is 12.4. The van der Waals surface area contributed by atoms with E-state index in [9.17, 15) is 18.3 Å². The number of hydrogen-bond donors (Lipinski definition) is 2. The molecule has 0 aliphatic heterocycles. The van der Waals surface area contributed by atoms with Crippen molar-refractivity contribution in [1.82, 2.24) is 9.03 Å². The monoisotopic (exact) mass is 316 g/mol. The summed E-state index contributed by atoms with van der Waals surface area (Å²) >= 11 is 0. The number of rotatable bonds is 5. The Bertz CT molecular complexity index is 600. The number of nitrogens with one attached hydrogen (secondary N) is 1. The first-order chi connectivity index (χ1) is 9.65. The van der Waals surface area contributed by atoms with Gasteiger partial charge in [0.1, 0.15) is 5.75 Å². The van der Waals surface area contributed by atoms with Crippen LogP contribution in [0, 0.1) is 0 Å². The normalized spacial score (nSPS) is 13.2. The van der Waals surface area contributed by atoms with E-state index in [1.54, 1.807) is 39.0 Å². The summed E-state index contributed by atoms with van der Waals surface area (Å²) in [4.78, 5) is 11.4. The van der Waals surface area contributed by atoms with E-state index in [2.05, 4.69) is 0 Å². The van der Waals surface area contributed by atoms with E-state index in [-0.39, 0.29) is 5.75 Å². The van der Waals surface area contributed by atoms with E-state index in [1.807, 2.05) is 4.72 Å². The maximum atomic E-state index is 12.1. The molecule has 0 saturated carbocycles. The van der Waals surface area contributed by atoms with Gasteiger partial charge >= 0.3 is 16.3 Å². The van der Waals surface area contributed by atoms with Gasteiger partial charge in [-0.2, -0.15) is 12.7 Å². The van der Waals surface area contributed by atoms with Crippen molar-refractivity contribution >= 4 is 16.3 Å². The van der Waals surface area contributed by atoms with Crippen LogP contribution in [0.4, 0.5) is 4.79 Å². The van der Waals surface area contributed by atoms with Crippen molar-refractivity contribution in [3.63, 3.8) is 0 Å². The van der Waals surface area contributed by atoms with Crippen molar-refractivity contribution in [3.8, 4) is 5.75 Å². The van der Waals surface area contributed by atoms with Gasteiger partial charge in [-0.3, -0.25) is 0 Å². The third kappa shape index (κ3) is 4.61. The van der Waals surface area contributed by atoms with Crippen LogP contribution in [-0.4, -0.2) is 37.1 Å². The molecule has 2 N–H and O–H groups in total. The Morgan fingerprint density at radius 3 is 2.38 bits per heavy atom. The number of aromatic hydroxyl groups is 1. The second-order valence-electron chi connectivity index (χ2n) is 4.81. The minimum atomic E-state index is -4.07. The molecule has 7 nitrogen and oxygen atoms in total. The lowest BCUT2D eigenvalue weighted by atomic mass is 10.1. The molecule has 1 unspecified atom stereocenters. The summed E-state index contributed by atoms with van der Waals surface area (Å²) < 4.78 is 31.7. The number of benzene rings is 1. The van der Waals surface area contributed by atoms with Crippen molar-refractivity contribution < 1.29 is 23.1 Å². The van der Waals surface area contributed by atoms with Crippen LogP contribution >= 0.6 is 0 Å². The smallest absolute Gasteiger partial charge is 0.422 e. The average Bonchev–Trinajstić information content (AvgIpc) is 2.35. The molecule has 21 heavy (non-hydrogen) atoms. The summed E-state index contributed by atoms with van der Waals surface area (Å²) in [6.45, 7) is 4.82. The van der Waals surface area contributed by atoms with Crippen molar-refractivity contribution in [2.24, 2.45) is 0 Å². The standard InChI is InChI=1S/C13H20N2O5S/c1-9(2)20-13(17)14-21(18,19)15(4)10(3)11-7-5-6-8-12(11)16/h5-10,16H,1-4H3,(H,14,17). The number of para-hydroxylation sites is 1. The number of carbonyl (C=O) groups excluding carboxylic acids is 1. The van der Waals surface area contributed by atoms with Gasteiger partial charge in [0.15, 0.2) is 0 Å². The minimum Gasteiger partial charge on any atom is -0.508 e. The van der Waals surface area contributed by atoms with Crippen molar-refractivity contribution in [2.75, 3.05) is 7.05 Å². The molecule has 1 rings (SSSR count). The van der Waals surface area contributed by atoms with Crippen LogP contribution in [0.3, 0.4) is 0 Å². The van der Waals surface area contributed by atoms with Crippen LogP contribution in [0.2, 0.25) is 0 Å². The molecule has 0 aromatic heterocycles. The Balaban J connectivity index is 2.88. The molecule has 1 atom stereocenters. The molecule has 1 aromatic carbocycles. The Hall–Kier alpha value is -1.80. The first-order valence-electron chi connectivity index (χ1n) is 6.39. The second kappa shape index (κ2) is 6.77. The van der Waals surface area contributed by atoms with Crippen molar-refractivity contribution in [3.05, 3.63) is 29.8 Å². The maximum Gasteiger partial charge on any atom is 0.422 e. The van der Waals surface area contributed by atoms with Gasteiger partial charge in [0.2, 0.25) is 0 Å². The Kier molecular flexibility index (Phi) is 5.56. The molecule has 0 spiro atoms. The molecule has 1 aromatic rings. The summed E-state index contributed by atoms with van der Waals surface area (Å²) in [5.41, 5.74) is 0.433. The van der Waals surface area contributed by atoms with E-state index in [0.29, 0.717) is 5.56 Å². The highest BCUT2D eigenvalue weighted by Gasteiger charge is 2.28. The third-order valence-electron chi connectivity index (χ3n) is 2.87. The average molecular weight is 316 g/mol. The number of amides is 1. The molecule has 8 heteroatoms. The zero-order chi connectivity index (χ0) is 16.2. The maximum absolute atomic E-state index is 12.1. The molecular formula is C13H20N2O5S. The van der Waals surface area contributed by atoms with Crippen LogP contribution in [0.15, 0.2) is 24.3 Å². The quantitative estimate of drug-likeness (QED) is 0.863. The summed E-state index contributed by atoms with van der Waals surface area (Å²) in [6.07, 6.45) is -1.47. The molecule has 0 bridgehead atoms. The number of phenolic OH excluding ortho intramolecular Hbond substituents is 1. The fraction of sp³-hybridized carbons (Fsp3) is 0.462. The lowest BCUT2D eigenvalue weighted by Crippen LogP contribution is -2.43. The highest BCUT2D eigenvalue weighted by atomic mass is 32.2. The molecule has 0 saturated heterocycles. The number of nitrogens with zero attached hydrogens (tertiary/aromatic N) is 1. The van der Waals surface area contributed by atoms with Crippen LogP contribution in [0.25, 0.3) is 0 Å². The zero-order valence-corrected chi connectivity index (χ0v) is 13.2. The Morgan fingerprint density at radius 1 is 1.29 bits per heavy atom. The molecule has 0 fully saturated rings. The van der Waals surface area contributed by atoms with Gasteiger partial charge < -0.3 is 9.84 Å². The van der Waals surface area contributed by atoms with Crippen LogP contribution in [-0.2, 0) is 14.9 Å². The highest BCUT2D eigenvalue weighted by Crippen LogP contribution is 2.28. The lowest BCUT2D eigenvalue weighted by molar-refractivity contribution is 0.121. The fourth-order valence-corrected chi connectivity index (χ4v) is 2.59. The van der Waals surface area contributed by atoms with Gasteiger partial charge in [-0.1, -0.05) is 18.2 Å². The summed E-state index contributed by atoms with van der Waals surface area (Å²) in [5, 5.41) is 9.76. The topological polar surface area (TPSA) is 95.9 Å². The number of hydrogen-bond acceptors (Lipinski definition) is 5. The van der Waals surface area contributed by atoms with Crippen LogP contribution < -0.4 is 4.72 Å². The van der Waals surface area contributed by atoms with Crippen LogP contribution in [0.1, 0.15) is 32.4 Å². The molecule has 0 aliphatic rings. The van der Waals surface area contributed by atoms with Gasteiger partial charge in [0, 0.05) is 12.6 Å². The van der Waals surface area contributed by atoms with E-state index >= 15 is 0 Å². The summed E-state index contributed by atoms with van der Waals surface area (Å²) in [5.74, 6) is -0.0168. The largest absolute Gasteiger partial charge is 0.508 e. The predicted octanol–water partition coefficient (Wildman–Crippen LogP) is 1.76. The Labute approximate surface area is 124 Å². The first kappa shape index (κ1) is 17.3. The van der Waals surface area contributed by atoms with Crippen molar-refractivity contribution in [2.45, 2.75) is 32.9 Å². The van der Waals surface area contributed by atoms with Gasteiger partial charge in [-0.05, 0) is 26.8 Å².